The molecule has 13 rings (SSSR count). The molecule has 0 unspecified atom stereocenters. The van der Waals surface area contributed by atoms with Gasteiger partial charge in [-0.2, -0.15) is 0 Å². The Labute approximate surface area is 356 Å². The molecule has 0 atom stereocenters. The van der Waals surface area contributed by atoms with Crippen molar-refractivity contribution in [1.82, 2.24) is 4.57 Å². The molecule has 4 heteroatoms. The van der Waals surface area contributed by atoms with E-state index in [1.165, 1.54) is 32.9 Å². The predicted molar refractivity (Wildman–Crippen MR) is 258 cm³/mol. The van der Waals surface area contributed by atoms with Crippen molar-refractivity contribution < 1.29 is 8.83 Å². The Bertz CT molecular complexity index is 3780. The van der Waals surface area contributed by atoms with Crippen molar-refractivity contribution in [2.24, 2.45) is 0 Å². The zero-order chi connectivity index (χ0) is 40.7. The fraction of sp³-hybridized carbons (Fsp3) is 0. The van der Waals surface area contributed by atoms with Gasteiger partial charge in [-0.1, -0.05) is 133 Å². The second kappa shape index (κ2) is 13.6. The predicted octanol–water partition coefficient (Wildman–Crippen LogP) is 16.5. The number of furan rings is 2. The van der Waals surface area contributed by atoms with Gasteiger partial charge in [0, 0.05) is 60.5 Å². The number of hydrogen-bond acceptors (Lipinski definition) is 3. The minimum absolute atomic E-state index is 0.863. The monoisotopic (exact) mass is 792 g/mol. The molecule has 3 aromatic heterocycles. The average molecular weight is 793 g/mol. The lowest BCUT2D eigenvalue weighted by Gasteiger charge is -2.26. The minimum Gasteiger partial charge on any atom is -0.456 e. The van der Waals surface area contributed by atoms with E-state index in [0.29, 0.717) is 0 Å². The molecule has 10 aromatic carbocycles. The standard InChI is InChI=1S/C58H36N2O2/c1-2-11-37(12-3-1)38-21-27-41(28-22-38)59(43-31-33-44(34-32-43)60-49-17-7-4-13-46(49)47-14-5-8-18-50(47)60)42-29-23-39(24-30-42)45-16-10-20-52-56(45)58-54(62-52)36-26-40-25-35-53-57(55(40)58)48-15-6-9-19-51(48)61-53/h1-36H. The van der Waals surface area contributed by atoms with Crippen molar-refractivity contribution in [3.63, 3.8) is 0 Å². The van der Waals surface area contributed by atoms with Crippen LogP contribution >= 0.6 is 0 Å². The van der Waals surface area contributed by atoms with E-state index < -0.39 is 0 Å². The smallest absolute Gasteiger partial charge is 0.136 e. The zero-order valence-electron chi connectivity index (χ0n) is 33.5. The second-order valence-corrected chi connectivity index (χ2v) is 16.0. The highest BCUT2D eigenvalue weighted by Crippen LogP contribution is 2.45. The van der Waals surface area contributed by atoms with E-state index in [2.05, 4.69) is 216 Å². The number of fused-ring (bicyclic) bond motifs is 12. The van der Waals surface area contributed by atoms with Crippen LogP contribution in [0.25, 0.3) is 104 Å². The highest BCUT2D eigenvalue weighted by atomic mass is 16.3. The molecule has 0 aliphatic carbocycles. The Morgan fingerprint density at radius 2 is 0.806 bits per heavy atom. The average Bonchev–Trinajstić information content (AvgIpc) is 4.03. The summed E-state index contributed by atoms with van der Waals surface area (Å²) in [5.74, 6) is 0. The quantitative estimate of drug-likeness (QED) is 0.168. The number of benzene rings is 10. The van der Waals surface area contributed by atoms with E-state index >= 15 is 0 Å². The largest absolute Gasteiger partial charge is 0.456 e. The number of para-hydroxylation sites is 3. The molecular formula is C58H36N2O2. The molecule has 0 fully saturated rings. The molecule has 0 radical (unpaired) electrons. The van der Waals surface area contributed by atoms with Crippen molar-refractivity contribution in [3.8, 4) is 27.9 Å². The molecule has 0 N–H and O–H groups in total. The van der Waals surface area contributed by atoms with Crippen molar-refractivity contribution in [2.45, 2.75) is 0 Å². The lowest BCUT2D eigenvalue weighted by molar-refractivity contribution is 0.669. The van der Waals surface area contributed by atoms with Crippen molar-refractivity contribution in [3.05, 3.63) is 218 Å². The second-order valence-electron chi connectivity index (χ2n) is 16.0. The van der Waals surface area contributed by atoms with E-state index in [9.17, 15) is 0 Å². The molecule has 0 saturated carbocycles. The topological polar surface area (TPSA) is 34.5 Å². The normalized spacial score (nSPS) is 11.9. The first-order valence-electron chi connectivity index (χ1n) is 21.1. The van der Waals surface area contributed by atoms with E-state index in [-0.39, 0.29) is 0 Å². The molecule has 0 spiro atoms. The molecule has 62 heavy (non-hydrogen) atoms. The molecule has 0 amide bonds. The summed E-state index contributed by atoms with van der Waals surface area (Å²) in [6.45, 7) is 0. The lowest BCUT2D eigenvalue weighted by Crippen LogP contribution is -2.10. The molecule has 0 bridgehead atoms. The van der Waals surface area contributed by atoms with Gasteiger partial charge in [-0.05, 0) is 113 Å². The Balaban J connectivity index is 0.954. The van der Waals surface area contributed by atoms with Crippen LogP contribution in [-0.4, -0.2) is 4.57 Å². The Morgan fingerprint density at radius 3 is 1.48 bits per heavy atom. The first-order chi connectivity index (χ1) is 30.7. The maximum Gasteiger partial charge on any atom is 0.136 e. The number of aromatic nitrogens is 1. The Morgan fingerprint density at radius 1 is 0.306 bits per heavy atom. The highest BCUT2D eigenvalue weighted by molar-refractivity contribution is 6.32. The van der Waals surface area contributed by atoms with Gasteiger partial charge in [-0.25, -0.2) is 0 Å². The molecule has 4 nitrogen and oxygen atoms in total. The summed E-state index contributed by atoms with van der Waals surface area (Å²) in [6.07, 6.45) is 0. The van der Waals surface area contributed by atoms with Gasteiger partial charge in [0.05, 0.1) is 11.0 Å². The van der Waals surface area contributed by atoms with Gasteiger partial charge in [0.25, 0.3) is 0 Å². The van der Waals surface area contributed by atoms with Crippen LogP contribution in [-0.2, 0) is 0 Å². The van der Waals surface area contributed by atoms with Crippen molar-refractivity contribution in [2.75, 3.05) is 4.90 Å². The fourth-order valence-corrected chi connectivity index (χ4v) is 9.80. The van der Waals surface area contributed by atoms with Gasteiger partial charge in [0.15, 0.2) is 0 Å². The number of hydrogen-bond donors (Lipinski definition) is 0. The molecular weight excluding hydrogens is 757 g/mol. The summed E-state index contributed by atoms with van der Waals surface area (Å²) in [6, 6.07) is 77.9. The summed E-state index contributed by atoms with van der Waals surface area (Å²) >= 11 is 0. The Kier molecular flexibility index (Phi) is 7.57. The van der Waals surface area contributed by atoms with Gasteiger partial charge < -0.3 is 18.3 Å². The zero-order valence-corrected chi connectivity index (χ0v) is 33.5. The van der Waals surface area contributed by atoms with Crippen molar-refractivity contribution in [1.29, 1.82) is 0 Å². The van der Waals surface area contributed by atoms with Crippen LogP contribution in [0.4, 0.5) is 17.1 Å². The van der Waals surface area contributed by atoms with E-state index in [1.807, 2.05) is 12.1 Å². The first-order valence-corrected chi connectivity index (χ1v) is 21.1. The molecule has 13 aromatic rings. The number of nitrogens with zero attached hydrogens (tertiary/aromatic N) is 2. The van der Waals surface area contributed by atoms with Crippen LogP contribution in [0.15, 0.2) is 227 Å². The SMILES string of the molecule is c1ccc(-c2ccc(N(c3ccc(-c4cccc5oc6ccc7ccc8oc9ccccc9c8c7c6c45)cc3)c3ccc(-n4c5ccccc5c5ccccc54)cc3)cc2)cc1. The summed E-state index contributed by atoms with van der Waals surface area (Å²) in [5, 5.41) is 9.26. The lowest BCUT2D eigenvalue weighted by atomic mass is 9.94. The number of rotatable bonds is 6. The summed E-state index contributed by atoms with van der Waals surface area (Å²) < 4.78 is 15.4. The maximum atomic E-state index is 6.62. The summed E-state index contributed by atoms with van der Waals surface area (Å²) in [7, 11) is 0. The van der Waals surface area contributed by atoms with Gasteiger partial charge in [-0.3, -0.25) is 0 Å². The van der Waals surface area contributed by atoms with Crippen LogP contribution in [0.5, 0.6) is 0 Å². The number of anilines is 3. The van der Waals surface area contributed by atoms with Gasteiger partial charge in [0.1, 0.15) is 22.3 Å². The van der Waals surface area contributed by atoms with Gasteiger partial charge in [0.2, 0.25) is 0 Å². The molecule has 290 valence electrons. The molecule has 0 aliphatic heterocycles. The third-order valence-corrected chi connectivity index (χ3v) is 12.6. The minimum atomic E-state index is 0.863. The van der Waals surface area contributed by atoms with Crippen molar-refractivity contribution >= 4 is 93.5 Å². The molecule has 0 saturated heterocycles. The van der Waals surface area contributed by atoms with E-state index in [4.69, 9.17) is 8.83 Å². The first kappa shape index (κ1) is 34.5. The summed E-state index contributed by atoms with van der Waals surface area (Å²) in [5.41, 5.74) is 14.8. The Hall–Kier alpha value is -8.34. The highest BCUT2D eigenvalue weighted by Gasteiger charge is 2.21. The van der Waals surface area contributed by atoms with Gasteiger partial charge >= 0.3 is 0 Å². The van der Waals surface area contributed by atoms with Crippen LogP contribution in [0.3, 0.4) is 0 Å². The van der Waals surface area contributed by atoms with E-state index in [1.54, 1.807) is 0 Å². The maximum absolute atomic E-state index is 6.62. The van der Waals surface area contributed by atoms with Crippen LogP contribution < -0.4 is 4.90 Å². The van der Waals surface area contributed by atoms with Crippen LogP contribution in [0, 0.1) is 0 Å². The van der Waals surface area contributed by atoms with Gasteiger partial charge in [-0.15, -0.1) is 0 Å². The summed E-state index contributed by atoms with van der Waals surface area (Å²) in [4.78, 5) is 2.34. The fourth-order valence-electron chi connectivity index (χ4n) is 9.80. The molecule has 0 aliphatic rings. The van der Waals surface area contributed by atoms with Crippen LogP contribution in [0.1, 0.15) is 0 Å². The van der Waals surface area contributed by atoms with Crippen LogP contribution in [0.2, 0.25) is 0 Å². The van der Waals surface area contributed by atoms with E-state index in [0.717, 1.165) is 88.5 Å². The third kappa shape index (κ3) is 5.27. The molecule has 3 heterocycles. The third-order valence-electron chi connectivity index (χ3n) is 12.6.